The molecule has 0 radical (unpaired) electrons. The molecule has 3 aromatic carbocycles. The topological polar surface area (TPSA) is 102 Å². The standard InChI is InChI=1S/C31H32N4O3S/c1-4-5-24(17-31(32)34-35-33)23-8-11-25(12-9-23)38-19-22-7-13-30-28(16-22)29(20-39-30)27-18-26(10-6-21(27)2)37-15-14-36-3/h6-13,16,18,20,24H,14-15,17,19H2,1-3H3,(H3,32,33,34)/t24-/m0/s1. The summed E-state index contributed by atoms with van der Waals surface area (Å²) in [6, 6.07) is 20.5. The van der Waals surface area contributed by atoms with Crippen LogP contribution < -0.4 is 15.2 Å². The van der Waals surface area contributed by atoms with Gasteiger partial charge in [-0.05, 0) is 77.9 Å². The first-order chi connectivity index (χ1) is 19.0. The van der Waals surface area contributed by atoms with Crippen LogP contribution in [-0.4, -0.2) is 26.2 Å². The molecule has 0 aliphatic heterocycles. The average Bonchev–Trinajstić information content (AvgIpc) is 3.36. The monoisotopic (exact) mass is 540 g/mol. The van der Waals surface area contributed by atoms with Gasteiger partial charge in [-0.15, -0.1) is 22.4 Å². The minimum absolute atomic E-state index is 0.124. The molecule has 3 N–H and O–H groups in total. The average molecular weight is 541 g/mol. The summed E-state index contributed by atoms with van der Waals surface area (Å²) < 4.78 is 18.3. The lowest BCUT2D eigenvalue weighted by Crippen LogP contribution is -2.15. The zero-order chi connectivity index (χ0) is 27.6. The number of amidine groups is 1. The van der Waals surface area contributed by atoms with E-state index >= 15 is 0 Å². The Balaban J connectivity index is 1.49. The van der Waals surface area contributed by atoms with Crippen molar-refractivity contribution in [1.82, 2.24) is 0 Å². The lowest BCUT2D eigenvalue weighted by molar-refractivity contribution is 0.146. The molecule has 4 aromatic rings. The highest BCUT2D eigenvalue weighted by molar-refractivity contribution is 7.17. The molecule has 8 heteroatoms. The van der Waals surface area contributed by atoms with Crippen molar-refractivity contribution in [1.29, 1.82) is 5.53 Å². The van der Waals surface area contributed by atoms with Crippen LogP contribution in [0, 0.1) is 24.3 Å². The van der Waals surface area contributed by atoms with Crippen molar-refractivity contribution in [3.05, 3.63) is 82.7 Å². The third-order valence-corrected chi connectivity index (χ3v) is 7.26. The lowest BCUT2D eigenvalue weighted by Gasteiger charge is -2.12. The smallest absolute Gasteiger partial charge is 0.125 e. The molecule has 7 nitrogen and oxygen atoms in total. The van der Waals surface area contributed by atoms with Gasteiger partial charge >= 0.3 is 0 Å². The van der Waals surface area contributed by atoms with E-state index in [1.165, 1.54) is 21.2 Å². The van der Waals surface area contributed by atoms with E-state index in [0.29, 0.717) is 26.2 Å². The van der Waals surface area contributed by atoms with Crippen LogP contribution >= 0.6 is 11.3 Å². The molecule has 0 spiro atoms. The molecule has 39 heavy (non-hydrogen) atoms. The number of nitrogens with zero attached hydrogens (tertiary/aromatic N) is 2. The van der Waals surface area contributed by atoms with Crippen molar-refractivity contribution in [3.8, 4) is 34.5 Å². The number of ether oxygens (including phenoxy) is 3. The number of benzene rings is 3. The maximum atomic E-state index is 6.86. The Morgan fingerprint density at radius 2 is 1.79 bits per heavy atom. The predicted octanol–water partition coefficient (Wildman–Crippen LogP) is 7.28. The Morgan fingerprint density at radius 1 is 1.00 bits per heavy atom. The predicted molar refractivity (Wildman–Crippen MR) is 158 cm³/mol. The maximum Gasteiger partial charge on any atom is 0.125 e. The number of hydrogen-bond donors (Lipinski definition) is 2. The molecular weight excluding hydrogens is 508 g/mol. The summed E-state index contributed by atoms with van der Waals surface area (Å²) in [5.41, 5.74) is 18.4. The maximum absolute atomic E-state index is 6.86. The van der Waals surface area contributed by atoms with Gasteiger partial charge in [0.05, 0.1) is 12.5 Å². The fraction of sp³-hybridized carbons (Fsp3) is 0.258. The minimum atomic E-state index is -0.124. The largest absolute Gasteiger partial charge is 0.491 e. The van der Waals surface area contributed by atoms with Gasteiger partial charge in [-0.1, -0.05) is 35.4 Å². The summed E-state index contributed by atoms with van der Waals surface area (Å²) in [5.74, 6) is 7.86. The van der Waals surface area contributed by atoms with Crippen molar-refractivity contribution in [2.24, 2.45) is 16.1 Å². The molecule has 0 fully saturated rings. The zero-order valence-electron chi connectivity index (χ0n) is 22.4. The van der Waals surface area contributed by atoms with Crippen LogP contribution in [-0.2, 0) is 11.3 Å². The van der Waals surface area contributed by atoms with Gasteiger partial charge in [0.25, 0.3) is 0 Å². The second-order valence-corrected chi connectivity index (χ2v) is 9.91. The summed E-state index contributed by atoms with van der Waals surface area (Å²) >= 11 is 1.74. The van der Waals surface area contributed by atoms with E-state index in [9.17, 15) is 0 Å². The van der Waals surface area contributed by atoms with Gasteiger partial charge in [0.15, 0.2) is 0 Å². The number of nitrogens with two attached hydrogens (primary N) is 1. The summed E-state index contributed by atoms with van der Waals surface area (Å²) in [6.45, 7) is 5.43. The van der Waals surface area contributed by atoms with Crippen molar-refractivity contribution in [3.63, 3.8) is 0 Å². The summed E-state index contributed by atoms with van der Waals surface area (Å²) in [4.78, 5) is 0. The summed E-state index contributed by atoms with van der Waals surface area (Å²) in [6.07, 6.45) is 0.411. The molecule has 0 bridgehead atoms. The molecule has 0 amide bonds. The summed E-state index contributed by atoms with van der Waals surface area (Å²) in [7, 11) is 1.67. The van der Waals surface area contributed by atoms with Crippen LogP contribution in [0.25, 0.3) is 21.2 Å². The zero-order valence-corrected chi connectivity index (χ0v) is 23.2. The molecule has 1 atom stereocenters. The third kappa shape index (κ3) is 7.23. The SMILES string of the molecule is CC#C[C@@H](C/C(N)=N/N=N)c1ccc(OCc2ccc3scc(-c4cc(OCCOC)ccc4C)c3c2)cc1. The van der Waals surface area contributed by atoms with Gasteiger partial charge in [-0.25, -0.2) is 0 Å². The van der Waals surface area contributed by atoms with Gasteiger partial charge in [0.1, 0.15) is 30.5 Å². The van der Waals surface area contributed by atoms with E-state index in [1.54, 1.807) is 25.4 Å². The lowest BCUT2D eigenvalue weighted by atomic mass is 9.95. The minimum Gasteiger partial charge on any atom is -0.491 e. The van der Waals surface area contributed by atoms with Crippen LogP contribution in [0.1, 0.15) is 36.0 Å². The normalized spacial score (nSPS) is 12.0. The van der Waals surface area contributed by atoms with Gasteiger partial charge in [0.2, 0.25) is 0 Å². The second-order valence-electron chi connectivity index (χ2n) is 9.00. The van der Waals surface area contributed by atoms with Crippen LogP contribution in [0.5, 0.6) is 11.5 Å². The van der Waals surface area contributed by atoms with E-state index < -0.39 is 0 Å². The van der Waals surface area contributed by atoms with Crippen LogP contribution in [0.4, 0.5) is 0 Å². The number of methoxy groups -OCH3 is 1. The number of nitrogens with one attached hydrogen (secondary N) is 1. The molecule has 4 rings (SSSR count). The number of thiophene rings is 1. The van der Waals surface area contributed by atoms with Crippen molar-refractivity contribution >= 4 is 27.3 Å². The highest BCUT2D eigenvalue weighted by atomic mass is 32.1. The van der Waals surface area contributed by atoms with E-state index in [2.05, 4.69) is 64.8 Å². The summed E-state index contributed by atoms with van der Waals surface area (Å²) in [5, 5.41) is 10.0. The van der Waals surface area contributed by atoms with Crippen molar-refractivity contribution in [2.75, 3.05) is 20.3 Å². The molecule has 200 valence electrons. The molecule has 0 saturated carbocycles. The molecule has 1 aromatic heterocycles. The van der Waals surface area contributed by atoms with Crippen LogP contribution in [0.2, 0.25) is 0 Å². The van der Waals surface area contributed by atoms with E-state index in [1.807, 2.05) is 30.3 Å². The number of aryl methyl sites for hydroxylation is 1. The molecular formula is C31H32N4O3S. The first-order valence-electron chi connectivity index (χ1n) is 12.6. The number of hydrogen-bond acceptors (Lipinski definition) is 6. The van der Waals surface area contributed by atoms with Gasteiger partial charge in [0, 0.05) is 29.2 Å². The molecule has 1 heterocycles. The van der Waals surface area contributed by atoms with Crippen molar-refractivity contribution < 1.29 is 14.2 Å². The quantitative estimate of drug-likeness (QED) is 0.0492. The Hall–Kier alpha value is -4.19. The molecule has 0 aliphatic rings. The van der Waals surface area contributed by atoms with E-state index in [0.717, 1.165) is 28.2 Å². The van der Waals surface area contributed by atoms with Crippen LogP contribution in [0.3, 0.4) is 0 Å². The fourth-order valence-corrected chi connectivity index (χ4v) is 5.24. The number of rotatable bonds is 12. The third-order valence-electron chi connectivity index (χ3n) is 6.29. The molecule has 0 unspecified atom stereocenters. The second kappa shape index (κ2) is 13.6. The van der Waals surface area contributed by atoms with Crippen molar-refractivity contribution in [2.45, 2.75) is 32.8 Å². The number of fused-ring (bicyclic) bond motifs is 1. The Bertz CT molecular complexity index is 1520. The Labute approximate surface area is 233 Å². The Kier molecular flexibility index (Phi) is 9.68. The van der Waals surface area contributed by atoms with Crippen LogP contribution in [0.15, 0.2) is 76.4 Å². The first kappa shape index (κ1) is 27.8. The first-order valence-corrected chi connectivity index (χ1v) is 13.5. The highest BCUT2D eigenvalue weighted by Crippen LogP contribution is 2.38. The Morgan fingerprint density at radius 3 is 2.54 bits per heavy atom. The molecule has 0 aliphatic carbocycles. The van der Waals surface area contributed by atoms with Gasteiger partial charge in [-0.3, -0.25) is 0 Å². The molecule has 0 saturated heterocycles. The van der Waals surface area contributed by atoms with E-state index in [-0.39, 0.29) is 11.8 Å². The van der Waals surface area contributed by atoms with Gasteiger partial charge < -0.3 is 19.9 Å². The van der Waals surface area contributed by atoms with Gasteiger partial charge in [-0.2, -0.15) is 5.53 Å². The van der Waals surface area contributed by atoms with E-state index in [4.69, 9.17) is 25.5 Å². The highest BCUT2D eigenvalue weighted by Gasteiger charge is 2.13. The fourth-order valence-electron chi connectivity index (χ4n) is 4.30.